The van der Waals surface area contributed by atoms with E-state index in [-0.39, 0.29) is 22.0 Å². The van der Waals surface area contributed by atoms with Gasteiger partial charge in [-0.25, -0.2) is 0 Å². The molecule has 0 heterocycles. The second-order valence-electron chi connectivity index (χ2n) is 5.98. The van der Waals surface area contributed by atoms with Crippen molar-refractivity contribution in [1.29, 1.82) is 0 Å². The molecule has 0 bridgehead atoms. The molecule has 0 atom stereocenters. The largest absolute Gasteiger partial charge is 0.289 e. The zero-order valence-corrected chi connectivity index (χ0v) is 11.8. The molecule has 3 rings (SSSR count). The number of fused-ring (bicyclic) bond motifs is 2. The number of hydrogen-bond acceptors (Lipinski definition) is 2. The summed E-state index contributed by atoms with van der Waals surface area (Å²) in [5, 5.41) is 0.0195. The summed E-state index contributed by atoms with van der Waals surface area (Å²) in [7, 11) is 0. The third-order valence-electron chi connectivity index (χ3n) is 4.21. The monoisotopic (exact) mass is 274 g/mol. The fraction of sp³-hybridized carbons (Fsp3) is 0.375. The van der Waals surface area contributed by atoms with E-state index in [1.165, 1.54) is 17.2 Å². The number of allylic oxidation sites excluding steroid dienone is 2. The molecule has 0 fully saturated rings. The summed E-state index contributed by atoms with van der Waals surface area (Å²) >= 11 is 5.83. The van der Waals surface area contributed by atoms with E-state index in [4.69, 9.17) is 11.6 Å². The van der Waals surface area contributed by atoms with Crippen LogP contribution in [0.15, 0.2) is 23.2 Å². The van der Waals surface area contributed by atoms with Crippen LogP contribution in [-0.2, 0) is 11.8 Å². The first-order valence-electron chi connectivity index (χ1n) is 6.54. The van der Waals surface area contributed by atoms with Crippen LogP contribution >= 0.6 is 11.6 Å². The van der Waals surface area contributed by atoms with Crippen LogP contribution < -0.4 is 0 Å². The summed E-state index contributed by atoms with van der Waals surface area (Å²) in [5.41, 5.74) is 3.41. The first kappa shape index (κ1) is 12.6. The molecule has 2 aliphatic carbocycles. The van der Waals surface area contributed by atoms with Crippen LogP contribution in [0.5, 0.6) is 0 Å². The maximum atomic E-state index is 12.1. The second kappa shape index (κ2) is 4.04. The predicted molar refractivity (Wildman–Crippen MR) is 75.0 cm³/mol. The highest BCUT2D eigenvalue weighted by atomic mass is 35.5. The van der Waals surface area contributed by atoms with E-state index in [1.54, 1.807) is 0 Å². The zero-order valence-electron chi connectivity index (χ0n) is 11.0. The van der Waals surface area contributed by atoms with Crippen LogP contribution in [0, 0.1) is 0 Å². The van der Waals surface area contributed by atoms with Gasteiger partial charge < -0.3 is 0 Å². The van der Waals surface area contributed by atoms with Gasteiger partial charge in [-0.1, -0.05) is 25.4 Å². The molecular formula is C16H15ClO2. The summed E-state index contributed by atoms with van der Waals surface area (Å²) in [6, 6.07) is 3.78. The molecule has 0 aromatic heterocycles. The molecule has 0 aliphatic heterocycles. The highest BCUT2D eigenvalue weighted by Crippen LogP contribution is 2.39. The van der Waals surface area contributed by atoms with Gasteiger partial charge >= 0.3 is 0 Å². The van der Waals surface area contributed by atoms with Crippen molar-refractivity contribution in [2.75, 3.05) is 0 Å². The fourth-order valence-corrected chi connectivity index (χ4v) is 3.32. The molecule has 2 aliphatic rings. The number of ketones is 2. The minimum atomic E-state index is -0.236. The number of rotatable bonds is 0. The van der Waals surface area contributed by atoms with Gasteiger partial charge in [0.2, 0.25) is 5.78 Å². The molecule has 0 N–H and O–H groups in total. The molecule has 3 heteroatoms. The molecule has 2 nitrogen and oxygen atoms in total. The van der Waals surface area contributed by atoms with Crippen molar-refractivity contribution < 1.29 is 9.59 Å². The van der Waals surface area contributed by atoms with Gasteiger partial charge in [0.1, 0.15) is 0 Å². The molecule has 0 unspecified atom stereocenters. The Labute approximate surface area is 117 Å². The molecule has 0 spiro atoms. The lowest BCUT2D eigenvalue weighted by Crippen LogP contribution is -2.26. The molecule has 1 aromatic carbocycles. The van der Waals surface area contributed by atoms with E-state index in [2.05, 4.69) is 13.8 Å². The van der Waals surface area contributed by atoms with Crippen LogP contribution in [0.25, 0.3) is 0 Å². The standard InChI is InChI=1S/C16H15ClO2/c1-16(2)5-3-4-9-6-10-11(7-12(9)16)15(19)13(17)8-14(10)18/h6-8H,3-5H2,1-2H3. The first-order chi connectivity index (χ1) is 8.90. The summed E-state index contributed by atoms with van der Waals surface area (Å²) in [6.07, 6.45) is 4.43. The van der Waals surface area contributed by atoms with Crippen LogP contribution in [0.3, 0.4) is 0 Å². The van der Waals surface area contributed by atoms with E-state index < -0.39 is 0 Å². The Kier molecular flexibility index (Phi) is 2.68. The third kappa shape index (κ3) is 1.86. The van der Waals surface area contributed by atoms with E-state index in [0.717, 1.165) is 19.3 Å². The minimum Gasteiger partial charge on any atom is -0.289 e. The van der Waals surface area contributed by atoms with Gasteiger partial charge in [-0.3, -0.25) is 9.59 Å². The first-order valence-corrected chi connectivity index (χ1v) is 6.91. The summed E-state index contributed by atoms with van der Waals surface area (Å²) < 4.78 is 0. The number of halogens is 1. The van der Waals surface area contributed by atoms with Gasteiger partial charge in [0, 0.05) is 17.2 Å². The van der Waals surface area contributed by atoms with Gasteiger partial charge in [-0.2, -0.15) is 0 Å². The Morgan fingerprint density at radius 3 is 2.63 bits per heavy atom. The lowest BCUT2D eigenvalue weighted by molar-refractivity contribution is 0.0990. The van der Waals surface area contributed by atoms with E-state index in [9.17, 15) is 9.59 Å². The average Bonchev–Trinajstić information content (AvgIpc) is 2.35. The lowest BCUT2D eigenvalue weighted by atomic mass is 9.71. The minimum absolute atomic E-state index is 0.0195. The van der Waals surface area contributed by atoms with Crippen molar-refractivity contribution in [3.8, 4) is 0 Å². The highest BCUT2D eigenvalue weighted by molar-refractivity contribution is 6.49. The van der Waals surface area contributed by atoms with Gasteiger partial charge in [0.05, 0.1) is 5.03 Å². The van der Waals surface area contributed by atoms with Gasteiger partial charge in [-0.15, -0.1) is 0 Å². The quantitative estimate of drug-likeness (QED) is 0.721. The van der Waals surface area contributed by atoms with Crippen molar-refractivity contribution in [2.45, 2.75) is 38.5 Å². The average molecular weight is 275 g/mol. The Morgan fingerprint density at radius 2 is 1.89 bits per heavy atom. The Hall–Kier alpha value is -1.41. The summed E-state index contributed by atoms with van der Waals surface area (Å²) in [6.45, 7) is 4.37. The van der Waals surface area contributed by atoms with E-state index in [0.29, 0.717) is 11.1 Å². The van der Waals surface area contributed by atoms with Crippen molar-refractivity contribution in [3.63, 3.8) is 0 Å². The molecule has 1 aromatic rings. The van der Waals surface area contributed by atoms with Crippen molar-refractivity contribution in [1.82, 2.24) is 0 Å². The summed E-state index contributed by atoms with van der Waals surface area (Å²) in [5.74, 6) is -0.397. The number of hydrogen-bond donors (Lipinski definition) is 0. The molecule has 19 heavy (non-hydrogen) atoms. The normalized spacial score (nSPS) is 20.7. The van der Waals surface area contributed by atoms with E-state index in [1.807, 2.05) is 12.1 Å². The molecular weight excluding hydrogens is 260 g/mol. The third-order valence-corrected chi connectivity index (χ3v) is 4.49. The number of carbonyl (C=O) groups is 2. The smallest absolute Gasteiger partial charge is 0.205 e. The van der Waals surface area contributed by atoms with Crippen LogP contribution in [0.4, 0.5) is 0 Å². The molecule has 98 valence electrons. The molecule has 0 radical (unpaired) electrons. The molecule has 0 amide bonds. The van der Waals surface area contributed by atoms with Crippen LogP contribution in [-0.4, -0.2) is 11.6 Å². The van der Waals surface area contributed by atoms with Crippen molar-refractivity contribution >= 4 is 23.2 Å². The van der Waals surface area contributed by atoms with Gasteiger partial charge in [0.25, 0.3) is 0 Å². The molecule has 0 saturated carbocycles. The number of Topliss-reactive ketones (excluding diaryl/α,β-unsaturated/α-hetero) is 1. The van der Waals surface area contributed by atoms with Crippen molar-refractivity contribution in [3.05, 3.63) is 45.5 Å². The van der Waals surface area contributed by atoms with E-state index >= 15 is 0 Å². The summed E-state index contributed by atoms with van der Waals surface area (Å²) in [4.78, 5) is 24.1. The van der Waals surface area contributed by atoms with Crippen LogP contribution in [0.1, 0.15) is 58.5 Å². The van der Waals surface area contributed by atoms with Gasteiger partial charge in [-0.05, 0) is 47.9 Å². The Balaban J connectivity index is 2.25. The lowest BCUT2D eigenvalue weighted by Gasteiger charge is -2.33. The van der Waals surface area contributed by atoms with Crippen molar-refractivity contribution in [2.24, 2.45) is 0 Å². The highest BCUT2D eigenvalue weighted by Gasteiger charge is 2.32. The predicted octanol–water partition coefficient (Wildman–Crippen LogP) is 3.80. The van der Waals surface area contributed by atoms with Crippen LogP contribution in [0.2, 0.25) is 0 Å². The SMILES string of the molecule is CC1(C)CCCc2cc3c(cc21)C(=O)C(Cl)=CC3=O. The molecule has 0 saturated heterocycles. The number of benzene rings is 1. The maximum absolute atomic E-state index is 12.1. The second-order valence-corrected chi connectivity index (χ2v) is 6.39. The zero-order chi connectivity index (χ0) is 13.8. The Morgan fingerprint density at radius 1 is 1.16 bits per heavy atom. The number of aryl methyl sites for hydroxylation is 1. The maximum Gasteiger partial charge on any atom is 0.205 e. The van der Waals surface area contributed by atoms with Gasteiger partial charge in [0.15, 0.2) is 5.78 Å². The fourth-order valence-electron chi connectivity index (χ4n) is 3.12. The topological polar surface area (TPSA) is 34.1 Å². The Bertz CT molecular complexity index is 638. The number of carbonyl (C=O) groups excluding carboxylic acids is 2.